The average molecular weight is 375 g/mol. The van der Waals surface area contributed by atoms with Crippen molar-refractivity contribution in [2.45, 2.75) is 13.3 Å². The van der Waals surface area contributed by atoms with Gasteiger partial charge in [-0.25, -0.2) is 4.98 Å². The number of nitrogens with zero attached hydrogens (tertiary/aromatic N) is 4. The summed E-state index contributed by atoms with van der Waals surface area (Å²) in [5.74, 6) is 0.245. The van der Waals surface area contributed by atoms with Gasteiger partial charge in [0.2, 0.25) is 5.91 Å². The van der Waals surface area contributed by atoms with Gasteiger partial charge in [-0.15, -0.1) is 21.2 Å². The first-order chi connectivity index (χ1) is 13.2. The number of carbonyl (C=O) groups is 1. The zero-order valence-electron chi connectivity index (χ0n) is 14.7. The van der Waals surface area contributed by atoms with Gasteiger partial charge >= 0.3 is 0 Å². The molecular weight excluding hydrogens is 358 g/mol. The van der Waals surface area contributed by atoms with Gasteiger partial charge in [0.15, 0.2) is 5.82 Å². The molecule has 1 amide bonds. The third kappa shape index (κ3) is 4.09. The maximum Gasteiger partial charge on any atom is 0.231 e. The zero-order valence-corrected chi connectivity index (χ0v) is 15.5. The first kappa shape index (κ1) is 17.1. The van der Waals surface area contributed by atoms with E-state index >= 15 is 0 Å². The molecule has 0 bridgehead atoms. The van der Waals surface area contributed by atoms with E-state index in [1.165, 1.54) is 27.9 Å². The molecule has 4 rings (SSSR count). The summed E-state index contributed by atoms with van der Waals surface area (Å²) < 4.78 is 0. The van der Waals surface area contributed by atoms with Crippen LogP contribution in [0, 0.1) is 6.92 Å². The first-order valence-corrected chi connectivity index (χ1v) is 9.34. The Morgan fingerprint density at radius 1 is 1.15 bits per heavy atom. The molecule has 0 saturated heterocycles. The minimum Gasteiger partial charge on any atom is -0.308 e. The molecule has 4 aromatic rings. The maximum atomic E-state index is 12.3. The van der Waals surface area contributed by atoms with E-state index in [0.29, 0.717) is 5.82 Å². The van der Waals surface area contributed by atoms with E-state index in [9.17, 15) is 4.79 Å². The Balaban J connectivity index is 1.41. The Labute approximate surface area is 160 Å². The number of carbonyl (C=O) groups excluding carboxylic acids is 1. The van der Waals surface area contributed by atoms with Crippen LogP contribution in [0.4, 0.5) is 5.82 Å². The van der Waals surface area contributed by atoms with E-state index in [2.05, 4.69) is 26.6 Å². The minimum absolute atomic E-state index is 0.170. The van der Waals surface area contributed by atoms with E-state index in [1.54, 1.807) is 0 Å². The standard InChI is InChI=1S/C20H17N5OS/c1-14-6-5-7-15(10-14)20-22-16(13-27-20)11-19(26)23-18-12-21-25(24-18)17-8-3-2-4-9-17/h2-10,12-13H,11H2,1H3,(H,23,24,26). The highest BCUT2D eigenvalue weighted by Gasteiger charge is 2.11. The molecule has 6 nitrogen and oxygen atoms in total. The van der Waals surface area contributed by atoms with Crippen LogP contribution in [0.3, 0.4) is 0 Å². The van der Waals surface area contributed by atoms with Gasteiger partial charge in [-0.3, -0.25) is 4.79 Å². The number of hydrogen-bond donors (Lipinski definition) is 1. The van der Waals surface area contributed by atoms with Crippen LogP contribution in [-0.4, -0.2) is 25.9 Å². The third-order valence-corrected chi connectivity index (χ3v) is 4.85. The molecule has 2 heterocycles. The maximum absolute atomic E-state index is 12.3. The van der Waals surface area contributed by atoms with Crippen molar-refractivity contribution >= 4 is 23.1 Å². The van der Waals surface area contributed by atoms with Crippen molar-refractivity contribution in [3.8, 4) is 16.3 Å². The molecule has 2 aromatic carbocycles. The van der Waals surface area contributed by atoms with Gasteiger partial charge in [0, 0.05) is 10.9 Å². The lowest BCUT2D eigenvalue weighted by molar-refractivity contribution is -0.115. The normalized spacial score (nSPS) is 10.7. The summed E-state index contributed by atoms with van der Waals surface area (Å²) in [5.41, 5.74) is 3.82. The highest BCUT2D eigenvalue weighted by atomic mass is 32.1. The molecule has 0 atom stereocenters. The molecule has 0 aliphatic carbocycles. The van der Waals surface area contributed by atoms with Crippen LogP contribution in [0.15, 0.2) is 66.2 Å². The van der Waals surface area contributed by atoms with Crippen molar-refractivity contribution in [3.05, 3.63) is 77.4 Å². The summed E-state index contributed by atoms with van der Waals surface area (Å²) in [6.07, 6.45) is 1.73. The Hall–Kier alpha value is -3.32. The zero-order chi connectivity index (χ0) is 18.6. The number of aryl methyl sites for hydroxylation is 1. The molecular formula is C20H17N5OS. The van der Waals surface area contributed by atoms with Crippen molar-refractivity contribution in [3.63, 3.8) is 0 Å². The Morgan fingerprint density at radius 3 is 2.81 bits per heavy atom. The molecule has 0 fully saturated rings. The van der Waals surface area contributed by atoms with Gasteiger partial charge in [-0.1, -0.05) is 42.0 Å². The number of thiazole rings is 1. The van der Waals surface area contributed by atoms with Gasteiger partial charge < -0.3 is 5.32 Å². The summed E-state index contributed by atoms with van der Waals surface area (Å²) in [7, 11) is 0. The van der Waals surface area contributed by atoms with Crippen LogP contribution in [0.2, 0.25) is 0 Å². The van der Waals surface area contributed by atoms with Gasteiger partial charge in [0.05, 0.1) is 24.0 Å². The Morgan fingerprint density at radius 2 is 2.00 bits per heavy atom. The molecule has 0 aliphatic heterocycles. The van der Waals surface area contributed by atoms with Crippen LogP contribution in [-0.2, 0) is 11.2 Å². The summed E-state index contributed by atoms with van der Waals surface area (Å²) in [4.78, 5) is 18.4. The predicted molar refractivity (Wildman–Crippen MR) is 106 cm³/mol. The first-order valence-electron chi connectivity index (χ1n) is 8.46. The van der Waals surface area contributed by atoms with Gasteiger partial charge in [0.1, 0.15) is 5.01 Å². The third-order valence-electron chi connectivity index (χ3n) is 3.90. The monoisotopic (exact) mass is 375 g/mol. The summed E-state index contributed by atoms with van der Waals surface area (Å²) >= 11 is 1.54. The van der Waals surface area contributed by atoms with Crippen LogP contribution >= 0.6 is 11.3 Å². The summed E-state index contributed by atoms with van der Waals surface area (Å²) in [6, 6.07) is 17.7. The molecule has 1 N–H and O–H groups in total. The minimum atomic E-state index is -0.170. The Bertz CT molecular complexity index is 1070. The van der Waals surface area contributed by atoms with Crippen molar-refractivity contribution in [2.24, 2.45) is 0 Å². The second kappa shape index (κ2) is 7.51. The number of hydrogen-bond acceptors (Lipinski definition) is 5. The largest absolute Gasteiger partial charge is 0.308 e. The smallest absolute Gasteiger partial charge is 0.231 e. The molecule has 27 heavy (non-hydrogen) atoms. The number of para-hydroxylation sites is 1. The van der Waals surface area contributed by atoms with Crippen LogP contribution < -0.4 is 5.32 Å². The number of aromatic nitrogens is 4. The van der Waals surface area contributed by atoms with Crippen molar-refractivity contribution in [2.75, 3.05) is 5.32 Å². The summed E-state index contributed by atoms with van der Waals surface area (Å²) in [6.45, 7) is 2.05. The number of benzene rings is 2. The number of rotatable bonds is 5. The molecule has 0 radical (unpaired) electrons. The van der Waals surface area contributed by atoms with Crippen molar-refractivity contribution < 1.29 is 4.79 Å². The second-order valence-corrected chi connectivity index (χ2v) is 6.95. The molecule has 0 aliphatic rings. The van der Waals surface area contributed by atoms with Gasteiger partial charge in [-0.05, 0) is 25.1 Å². The summed E-state index contributed by atoms with van der Waals surface area (Å²) in [5, 5.41) is 14.1. The molecule has 7 heteroatoms. The molecule has 134 valence electrons. The number of anilines is 1. The van der Waals surface area contributed by atoms with Crippen LogP contribution in [0.25, 0.3) is 16.3 Å². The fourth-order valence-corrected chi connectivity index (χ4v) is 3.47. The van der Waals surface area contributed by atoms with E-state index in [4.69, 9.17) is 0 Å². The highest BCUT2D eigenvalue weighted by molar-refractivity contribution is 7.13. The molecule has 0 unspecified atom stereocenters. The second-order valence-electron chi connectivity index (χ2n) is 6.09. The SMILES string of the molecule is Cc1cccc(-c2nc(CC(=O)Nc3cnn(-c4ccccc4)n3)cs2)c1. The fourth-order valence-electron chi connectivity index (χ4n) is 2.66. The lowest BCUT2D eigenvalue weighted by Crippen LogP contribution is -2.15. The predicted octanol–water partition coefficient (Wildman–Crippen LogP) is 3.88. The topological polar surface area (TPSA) is 72.7 Å². The molecule has 2 aromatic heterocycles. The molecule has 0 spiro atoms. The van der Waals surface area contributed by atoms with Gasteiger partial charge in [0.25, 0.3) is 0 Å². The van der Waals surface area contributed by atoms with Crippen LogP contribution in [0.5, 0.6) is 0 Å². The number of amides is 1. The Kier molecular flexibility index (Phi) is 4.76. The molecule has 0 saturated carbocycles. The lowest BCUT2D eigenvalue weighted by Gasteiger charge is -2.00. The lowest BCUT2D eigenvalue weighted by atomic mass is 10.1. The van der Waals surface area contributed by atoms with Crippen molar-refractivity contribution in [1.82, 2.24) is 20.0 Å². The van der Waals surface area contributed by atoms with E-state index in [-0.39, 0.29) is 12.3 Å². The van der Waals surface area contributed by atoms with E-state index in [1.807, 2.05) is 60.8 Å². The van der Waals surface area contributed by atoms with Gasteiger partial charge in [-0.2, -0.15) is 5.10 Å². The van der Waals surface area contributed by atoms with Crippen LogP contribution in [0.1, 0.15) is 11.3 Å². The number of nitrogens with one attached hydrogen (secondary N) is 1. The van der Waals surface area contributed by atoms with E-state index in [0.717, 1.165) is 22.0 Å². The average Bonchev–Trinajstić information content (AvgIpc) is 3.32. The van der Waals surface area contributed by atoms with Crippen molar-refractivity contribution in [1.29, 1.82) is 0 Å². The van der Waals surface area contributed by atoms with E-state index < -0.39 is 0 Å². The quantitative estimate of drug-likeness (QED) is 0.574. The fraction of sp³-hybridized carbons (Fsp3) is 0.100. The highest BCUT2D eigenvalue weighted by Crippen LogP contribution is 2.24.